The van der Waals surface area contributed by atoms with E-state index in [0.29, 0.717) is 5.92 Å². The fourth-order valence-electron chi connectivity index (χ4n) is 3.22. The number of carbonyl (C=O) groups is 1. The first-order chi connectivity index (χ1) is 14.1. The Morgan fingerprint density at radius 2 is 1.70 bits per heavy atom. The normalized spacial score (nSPS) is 15.8. The Kier molecular flexibility index (Phi) is 6.52. The lowest BCUT2D eigenvalue weighted by Gasteiger charge is -2.28. The minimum absolute atomic E-state index is 0.00157. The molecule has 3 rings (SSSR count). The number of hydrogen-bond acceptors (Lipinski definition) is 3. The molecule has 1 fully saturated rings. The minimum atomic E-state index is -4.52. The van der Waals surface area contributed by atoms with Gasteiger partial charge in [0.1, 0.15) is 6.54 Å². The number of hydrogen-bond donors (Lipinski definition) is 1. The highest BCUT2D eigenvalue weighted by atomic mass is 32.2. The first kappa shape index (κ1) is 22.3. The van der Waals surface area contributed by atoms with E-state index in [1.54, 1.807) is 5.32 Å². The summed E-state index contributed by atoms with van der Waals surface area (Å²) in [7, 11) is -3.86. The molecular formula is C21H23F3N2O3S. The van der Waals surface area contributed by atoms with Crippen LogP contribution in [0.4, 0.5) is 13.2 Å². The fraction of sp³-hybridized carbons (Fsp3) is 0.381. The summed E-state index contributed by atoms with van der Waals surface area (Å²) in [4.78, 5) is 11.9. The predicted molar refractivity (Wildman–Crippen MR) is 106 cm³/mol. The molecule has 2 aromatic carbocycles. The van der Waals surface area contributed by atoms with Crippen LogP contribution in [0.5, 0.6) is 0 Å². The lowest BCUT2D eigenvalue weighted by Crippen LogP contribution is -2.39. The number of rotatable bonds is 8. The minimum Gasteiger partial charge on any atom is -0.343 e. The Labute approximate surface area is 173 Å². The van der Waals surface area contributed by atoms with Gasteiger partial charge < -0.3 is 5.32 Å². The van der Waals surface area contributed by atoms with E-state index in [2.05, 4.69) is 0 Å². The van der Waals surface area contributed by atoms with E-state index < -0.39 is 28.7 Å². The van der Waals surface area contributed by atoms with Crippen LogP contribution in [0, 0.1) is 5.92 Å². The smallest absolute Gasteiger partial charge is 0.343 e. The molecule has 1 aliphatic carbocycles. The summed E-state index contributed by atoms with van der Waals surface area (Å²) < 4.78 is 64.9. The van der Waals surface area contributed by atoms with E-state index in [1.165, 1.54) is 28.6 Å². The van der Waals surface area contributed by atoms with Crippen molar-refractivity contribution in [2.75, 3.05) is 6.54 Å². The molecular weight excluding hydrogens is 417 g/mol. The second-order valence-electron chi connectivity index (χ2n) is 7.44. The Hall–Kier alpha value is -2.39. The third-order valence-corrected chi connectivity index (χ3v) is 7.06. The maximum atomic E-state index is 13.3. The maximum Gasteiger partial charge on any atom is 0.405 e. The van der Waals surface area contributed by atoms with Crippen LogP contribution in [-0.2, 0) is 16.6 Å². The highest BCUT2D eigenvalue weighted by Gasteiger charge is 2.38. The summed E-state index contributed by atoms with van der Waals surface area (Å²) in [5, 5.41) is 1.77. The first-order valence-corrected chi connectivity index (χ1v) is 11.0. The van der Waals surface area contributed by atoms with E-state index in [4.69, 9.17) is 0 Å². The van der Waals surface area contributed by atoms with Crippen LogP contribution in [0.25, 0.3) is 0 Å². The van der Waals surface area contributed by atoms with Crippen LogP contribution in [0.2, 0.25) is 0 Å². The highest BCUT2D eigenvalue weighted by molar-refractivity contribution is 7.89. The van der Waals surface area contributed by atoms with Gasteiger partial charge in [-0.2, -0.15) is 17.5 Å². The summed E-state index contributed by atoms with van der Waals surface area (Å²) in [6, 6.07) is 14.0. The molecule has 0 spiro atoms. The predicted octanol–water partition coefficient (Wildman–Crippen LogP) is 3.97. The molecule has 2 aromatic rings. The number of halogens is 3. The number of carbonyl (C=O) groups excluding carboxylic acids is 1. The average molecular weight is 440 g/mol. The van der Waals surface area contributed by atoms with Gasteiger partial charge >= 0.3 is 6.18 Å². The summed E-state index contributed by atoms with van der Waals surface area (Å²) in [5.74, 6) is -0.611. The van der Waals surface area contributed by atoms with Crippen molar-refractivity contribution in [2.24, 2.45) is 5.92 Å². The van der Waals surface area contributed by atoms with Crippen LogP contribution in [0.1, 0.15) is 35.7 Å². The molecule has 1 amide bonds. The number of alkyl halides is 3. The van der Waals surface area contributed by atoms with Gasteiger partial charge in [0.05, 0.1) is 4.90 Å². The summed E-state index contributed by atoms with van der Waals surface area (Å²) >= 11 is 0. The molecule has 0 bridgehead atoms. The van der Waals surface area contributed by atoms with E-state index in [0.717, 1.165) is 18.4 Å². The topological polar surface area (TPSA) is 66.5 Å². The molecule has 0 radical (unpaired) electrons. The largest absolute Gasteiger partial charge is 0.405 e. The summed E-state index contributed by atoms with van der Waals surface area (Å²) in [6.45, 7) is 0.654. The second kappa shape index (κ2) is 8.77. The van der Waals surface area contributed by atoms with Crippen LogP contribution < -0.4 is 5.32 Å². The Morgan fingerprint density at radius 3 is 2.23 bits per heavy atom. The third-order valence-electron chi connectivity index (χ3n) is 5.11. The lowest BCUT2D eigenvalue weighted by atomic mass is 10.2. The van der Waals surface area contributed by atoms with Crippen LogP contribution in [0.3, 0.4) is 0 Å². The summed E-state index contributed by atoms with van der Waals surface area (Å²) in [5.41, 5.74) is 0.819. The number of amides is 1. The fourth-order valence-corrected chi connectivity index (χ4v) is 4.90. The zero-order chi connectivity index (χ0) is 21.9. The van der Waals surface area contributed by atoms with Crippen molar-refractivity contribution in [3.05, 3.63) is 65.7 Å². The van der Waals surface area contributed by atoms with E-state index in [-0.39, 0.29) is 23.0 Å². The van der Waals surface area contributed by atoms with Crippen molar-refractivity contribution in [2.45, 2.75) is 43.4 Å². The Balaban J connectivity index is 1.81. The van der Waals surface area contributed by atoms with Crippen molar-refractivity contribution < 1.29 is 26.4 Å². The van der Waals surface area contributed by atoms with Gasteiger partial charge in [-0.3, -0.25) is 4.79 Å². The SMILES string of the molecule is C[C@H](C1CC1)N(Cc1ccccc1)S(=O)(=O)c1ccc(C(=O)NCC(F)(F)F)cc1. The lowest BCUT2D eigenvalue weighted by molar-refractivity contribution is -0.123. The van der Waals surface area contributed by atoms with Crippen LogP contribution >= 0.6 is 0 Å². The van der Waals surface area contributed by atoms with Crippen LogP contribution in [-0.4, -0.2) is 37.4 Å². The molecule has 30 heavy (non-hydrogen) atoms. The van der Waals surface area contributed by atoms with Gasteiger partial charge in [-0.1, -0.05) is 30.3 Å². The zero-order valence-electron chi connectivity index (χ0n) is 16.4. The molecule has 0 saturated heterocycles. The molecule has 5 nitrogen and oxygen atoms in total. The highest BCUT2D eigenvalue weighted by Crippen LogP contribution is 2.37. The molecule has 1 N–H and O–H groups in total. The molecule has 1 aliphatic rings. The van der Waals surface area contributed by atoms with Crippen molar-refractivity contribution in [1.29, 1.82) is 0 Å². The Morgan fingerprint density at radius 1 is 1.10 bits per heavy atom. The molecule has 0 aromatic heterocycles. The van der Waals surface area contributed by atoms with E-state index in [9.17, 15) is 26.4 Å². The maximum absolute atomic E-state index is 13.3. The third kappa shape index (κ3) is 5.60. The molecule has 0 unspecified atom stereocenters. The van der Waals surface area contributed by atoms with Crippen molar-refractivity contribution >= 4 is 15.9 Å². The standard InChI is InChI=1S/C21H23F3N2O3S/c1-15(17-7-8-17)26(13-16-5-3-2-4-6-16)30(28,29)19-11-9-18(10-12-19)20(27)25-14-21(22,23)24/h2-6,9-12,15,17H,7-8,13-14H2,1H3,(H,25,27)/t15-/m1/s1. The van der Waals surface area contributed by atoms with Gasteiger partial charge in [0.15, 0.2) is 0 Å². The number of nitrogens with one attached hydrogen (secondary N) is 1. The van der Waals surface area contributed by atoms with E-state index in [1.807, 2.05) is 37.3 Å². The number of nitrogens with zero attached hydrogens (tertiary/aromatic N) is 1. The van der Waals surface area contributed by atoms with Gasteiger partial charge in [0, 0.05) is 18.2 Å². The van der Waals surface area contributed by atoms with Gasteiger partial charge in [-0.25, -0.2) is 8.42 Å². The van der Waals surface area contributed by atoms with Crippen molar-refractivity contribution in [3.63, 3.8) is 0 Å². The van der Waals surface area contributed by atoms with Gasteiger partial charge in [0.2, 0.25) is 10.0 Å². The van der Waals surface area contributed by atoms with Gasteiger partial charge in [-0.15, -0.1) is 0 Å². The number of sulfonamides is 1. The molecule has 0 heterocycles. The molecule has 1 saturated carbocycles. The monoisotopic (exact) mass is 440 g/mol. The van der Waals surface area contributed by atoms with Crippen molar-refractivity contribution in [3.8, 4) is 0 Å². The average Bonchev–Trinajstić information content (AvgIpc) is 3.55. The number of benzene rings is 2. The molecule has 9 heteroatoms. The zero-order valence-corrected chi connectivity index (χ0v) is 17.2. The Bertz CT molecular complexity index is 973. The summed E-state index contributed by atoms with van der Waals surface area (Å²) in [6.07, 6.45) is -2.57. The van der Waals surface area contributed by atoms with Crippen LogP contribution in [0.15, 0.2) is 59.5 Å². The van der Waals surface area contributed by atoms with Gasteiger partial charge in [0.25, 0.3) is 5.91 Å². The molecule has 1 atom stereocenters. The van der Waals surface area contributed by atoms with Crippen molar-refractivity contribution in [1.82, 2.24) is 9.62 Å². The molecule has 0 aliphatic heterocycles. The quantitative estimate of drug-likeness (QED) is 0.676. The van der Waals surface area contributed by atoms with E-state index >= 15 is 0 Å². The second-order valence-corrected chi connectivity index (χ2v) is 9.33. The van der Waals surface area contributed by atoms with Gasteiger partial charge in [-0.05, 0) is 55.5 Å². The first-order valence-electron chi connectivity index (χ1n) is 9.59. The molecule has 162 valence electrons.